The Labute approximate surface area is 193 Å². The minimum Gasteiger partial charge on any atom is -0.331 e. The molecule has 33 heavy (non-hydrogen) atoms. The number of carbonyl (C=O) groups is 1. The molecule has 0 atom stereocenters. The molecule has 0 unspecified atom stereocenters. The lowest BCUT2D eigenvalue weighted by molar-refractivity contribution is 0.0974. The number of H-pyrrole nitrogens is 1. The van der Waals surface area contributed by atoms with Crippen LogP contribution in [0.25, 0.3) is 22.0 Å². The maximum absolute atomic E-state index is 14.5. The molecular formula is C23H19ClFN3O4S. The van der Waals surface area contributed by atoms with Crippen LogP contribution in [0.3, 0.4) is 0 Å². The number of aromatic amines is 1. The number of nitrogens with one attached hydrogen (secondary N) is 2. The number of nitrogens with zero attached hydrogens (tertiary/aromatic N) is 1. The number of halogens is 2. The minimum absolute atomic E-state index is 0.0789. The van der Waals surface area contributed by atoms with E-state index in [9.17, 15) is 22.4 Å². The number of benzene rings is 2. The van der Waals surface area contributed by atoms with Crippen LogP contribution in [-0.2, 0) is 16.6 Å². The van der Waals surface area contributed by atoms with Gasteiger partial charge in [-0.05, 0) is 43.3 Å². The number of rotatable bonds is 6. The van der Waals surface area contributed by atoms with Crippen molar-refractivity contribution in [3.8, 4) is 11.1 Å². The Morgan fingerprint density at radius 2 is 1.91 bits per heavy atom. The van der Waals surface area contributed by atoms with E-state index in [4.69, 9.17) is 11.6 Å². The van der Waals surface area contributed by atoms with E-state index < -0.39 is 27.3 Å². The normalized spacial score (nSPS) is 11.6. The van der Waals surface area contributed by atoms with Gasteiger partial charge in [-0.2, -0.15) is 0 Å². The van der Waals surface area contributed by atoms with Gasteiger partial charge in [0.25, 0.3) is 11.5 Å². The quantitative estimate of drug-likeness (QED) is 0.430. The minimum atomic E-state index is -3.92. The van der Waals surface area contributed by atoms with E-state index in [0.717, 1.165) is 0 Å². The van der Waals surface area contributed by atoms with Crippen molar-refractivity contribution in [2.45, 2.75) is 13.5 Å². The Kier molecular flexibility index (Phi) is 6.09. The first kappa shape index (κ1) is 22.8. The Hall–Kier alpha value is -3.43. The van der Waals surface area contributed by atoms with E-state index in [-0.39, 0.29) is 34.7 Å². The highest BCUT2D eigenvalue weighted by Crippen LogP contribution is 2.36. The molecule has 0 saturated heterocycles. The highest BCUT2D eigenvalue weighted by Gasteiger charge is 2.28. The molecule has 0 aliphatic carbocycles. The Morgan fingerprint density at radius 3 is 2.61 bits per heavy atom. The van der Waals surface area contributed by atoms with Crippen molar-refractivity contribution in [1.82, 2.24) is 14.3 Å². The average molecular weight is 488 g/mol. The van der Waals surface area contributed by atoms with Gasteiger partial charge in [-0.25, -0.2) is 17.5 Å². The number of fused-ring (bicyclic) bond motifs is 1. The van der Waals surface area contributed by atoms with Gasteiger partial charge >= 0.3 is 0 Å². The molecule has 0 aliphatic rings. The van der Waals surface area contributed by atoms with Crippen molar-refractivity contribution >= 4 is 38.4 Å². The van der Waals surface area contributed by atoms with Crippen molar-refractivity contribution in [2.75, 3.05) is 5.75 Å². The molecule has 170 valence electrons. The number of aromatic nitrogens is 2. The monoisotopic (exact) mass is 487 g/mol. The molecule has 0 aliphatic heterocycles. The Bertz CT molecular complexity index is 1540. The molecule has 4 rings (SSSR count). The lowest BCUT2D eigenvalue weighted by atomic mass is 10.0. The van der Waals surface area contributed by atoms with Crippen LogP contribution in [0.1, 0.15) is 23.0 Å². The predicted octanol–water partition coefficient (Wildman–Crippen LogP) is 3.92. The molecule has 0 fully saturated rings. The van der Waals surface area contributed by atoms with Crippen LogP contribution in [0.15, 0.2) is 65.6 Å². The van der Waals surface area contributed by atoms with E-state index in [1.807, 2.05) is 4.72 Å². The van der Waals surface area contributed by atoms with Gasteiger partial charge in [-0.3, -0.25) is 9.59 Å². The highest BCUT2D eigenvalue weighted by atomic mass is 35.5. The van der Waals surface area contributed by atoms with Crippen LogP contribution in [0, 0.1) is 5.82 Å². The lowest BCUT2D eigenvalue weighted by Crippen LogP contribution is -2.33. The molecular weight excluding hydrogens is 469 g/mol. The third-order valence-corrected chi connectivity index (χ3v) is 6.73. The molecule has 2 aromatic heterocycles. The maximum atomic E-state index is 14.5. The fourth-order valence-corrected chi connectivity index (χ4v) is 4.37. The van der Waals surface area contributed by atoms with Crippen LogP contribution in [0.4, 0.5) is 4.39 Å². The Morgan fingerprint density at radius 1 is 1.15 bits per heavy atom. The number of sulfonamides is 1. The Balaban J connectivity index is 2.09. The first-order chi connectivity index (χ1) is 15.7. The zero-order valence-corrected chi connectivity index (χ0v) is 19.0. The molecule has 0 radical (unpaired) electrons. The second kappa shape index (κ2) is 8.84. The van der Waals surface area contributed by atoms with Gasteiger partial charge in [-0.1, -0.05) is 29.8 Å². The fourth-order valence-electron chi connectivity index (χ4n) is 3.68. The molecule has 2 N–H and O–H groups in total. The second-order valence-electron chi connectivity index (χ2n) is 7.31. The number of carbonyl (C=O) groups excluding carboxylic acids is 1. The molecule has 1 amide bonds. The van der Waals surface area contributed by atoms with E-state index in [0.29, 0.717) is 15.9 Å². The average Bonchev–Trinajstić information content (AvgIpc) is 3.08. The fraction of sp³-hybridized carbons (Fsp3) is 0.130. The summed E-state index contributed by atoms with van der Waals surface area (Å²) in [6.07, 6.45) is 1.44. The van der Waals surface area contributed by atoms with E-state index in [2.05, 4.69) is 4.98 Å². The van der Waals surface area contributed by atoms with Gasteiger partial charge in [0.2, 0.25) is 10.0 Å². The summed E-state index contributed by atoms with van der Waals surface area (Å²) < 4.78 is 42.4. The first-order valence-corrected chi connectivity index (χ1v) is 12.0. The van der Waals surface area contributed by atoms with E-state index in [1.54, 1.807) is 42.5 Å². The summed E-state index contributed by atoms with van der Waals surface area (Å²) in [4.78, 5) is 28.6. The molecule has 2 heterocycles. The van der Waals surface area contributed by atoms with Crippen molar-refractivity contribution in [3.63, 3.8) is 0 Å². The largest absolute Gasteiger partial charge is 0.331 e. The molecule has 0 spiro atoms. The molecule has 7 nitrogen and oxygen atoms in total. The summed E-state index contributed by atoms with van der Waals surface area (Å²) in [7, 11) is -3.92. The number of hydrogen-bond acceptors (Lipinski definition) is 4. The van der Waals surface area contributed by atoms with Gasteiger partial charge < -0.3 is 9.55 Å². The summed E-state index contributed by atoms with van der Waals surface area (Å²) in [6.45, 7) is 1.32. The van der Waals surface area contributed by atoms with E-state index in [1.165, 1.54) is 29.8 Å². The lowest BCUT2D eigenvalue weighted by Gasteiger charge is -2.13. The summed E-state index contributed by atoms with van der Waals surface area (Å²) in [6, 6.07) is 14.0. The van der Waals surface area contributed by atoms with Crippen molar-refractivity contribution in [2.24, 2.45) is 0 Å². The van der Waals surface area contributed by atoms with Crippen molar-refractivity contribution in [3.05, 3.63) is 93.2 Å². The van der Waals surface area contributed by atoms with Gasteiger partial charge in [0, 0.05) is 38.8 Å². The van der Waals surface area contributed by atoms with Gasteiger partial charge in [-0.15, -0.1) is 0 Å². The van der Waals surface area contributed by atoms with Crippen LogP contribution in [0.2, 0.25) is 5.02 Å². The number of pyridine rings is 1. The van der Waals surface area contributed by atoms with Crippen LogP contribution in [0.5, 0.6) is 0 Å². The van der Waals surface area contributed by atoms with Crippen molar-refractivity contribution < 1.29 is 17.6 Å². The van der Waals surface area contributed by atoms with Gasteiger partial charge in [0.05, 0.1) is 12.3 Å². The maximum Gasteiger partial charge on any atom is 0.282 e. The molecule has 2 aromatic carbocycles. The van der Waals surface area contributed by atoms with E-state index >= 15 is 0 Å². The molecule has 10 heteroatoms. The van der Waals surface area contributed by atoms with Crippen LogP contribution >= 0.6 is 11.6 Å². The molecule has 0 saturated carbocycles. The summed E-state index contributed by atoms with van der Waals surface area (Å²) in [5.41, 5.74) is 0.551. The zero-order valence-electron chi connectivity index (χ0n) is 17.4. The predicted molar refractivity (Wildman–Crippen MR) is 125 cm³/mol. The molecule has 4 aromatic rings. The SMILES string of the molecule is CCS(=O)(=O)NC(=O)c1c(-c2ccc[nH]c2=O)c2cc(Cl)ccc2n1Cc1ccccc1F. The standard InChI is InChI=1S/C23H19ClFN3O4S/c1-2-33(31,32)27-23(30)21-20(16-7-5-11-26-22(16)29)17-12-15(24)9-10-19(17)28(21)13-14-6-3-4-8-18(14)25/h3-12H,2,13H2,1H3,(H,26,29)(H,27,30). The number of hydrogen-bond donors (Lipinski definition) is 2. The van der Waals surface area contributed by atoms with Crippen molar-refractivity contribution in [1.29, 1.82) is 0 Å². The van der Waals surface area contributed by atoms with Crippen LogP contribution in [-0.4, -0.2) is 29.6 Å². The van der Waals surface area contributed by atoms with Crippen LogP contribution < -0.4 is 10.3 Å². The summed E-state index contributed by atoms with van der Waals surface area (Å²) in [5, 5.41) is 0.807. The summed E-state index contributed by atoms with van der Waals surface area (Å²) >= 11 is 6.22. The van der Waals surface area contributed by atoms with Gasteiger partial charge in [0.1, 0.15) is 11.5 Å². The third-order valence-electron chi connectivity index (χ3n) is 5.24. The topological polar surface area (TPSA) is 101 Å². The number of amides is 1. The van der Waals surface area contributed by atoms with Gasteiger partial charge in [0.15, 0.2) is 0 Å². The zero-order chi connectivity index (χ0) is 23.8. The second-order valence-corrected chi connectivity index (χ2v) is 9.76. The highest BCUT2D eigenvalue weighted by molar-refractivity contribution is 7.90. The molecule has 0 bridgehead atoms. The smallest absolute Gasteiger partial charge is 0.282 e. The third kappa shape index (κ3) is 4.42. The summed E-state index contributed by atoms with van der Waals surface area (Å²) in [5.74, 6) is -1.74. The first-order valence-electron chi connectivity index (χ1n) is 10.00.